The summed E-state index contributed by atoms with van der Waals surface area (Å²) in [4.78, 5) is 0. The summed E-state index contributed by atoms with van der Waals surface area (Å²) < 4.78 is 12.1. The van der Waals surface area contributed by atoms with Crippen molar-refractivity contribution in [3.8, 4) is 0 Å². The predicted octanol–water partition coefficient (Wildman–Crippen LogP) is 6.79. The lowest BCUT2D eigenvalue weighted by Gasteiger charge is -2.15. The lowest BCUT2D eigenvalue weighted by molar-refractivity contribution is -0.0561. The van der Waals surface area contributed by atoms with Crippen molar-refractivity contribution in [3.63, 3.8) is 0 Å². The highest BCUT2D eigenvalue weighted by Crippen LogP contribution is 2.21. The number of ether oxygens (including phenoxy) is 2. The van der Waals surface area contributed by atoms with Gasteiger partial charge in [0.2, 0.25) is 0 Å². The molecule has 0 aromatic rings. The van der Waals surface area contributed by atoms with Crippen LogP contribution in [-0.2, 0) is 9.47 Å². The summed E-state index contributed by atoms with van der Waals surface area (Å²) in [6, 6.07) is 0. The summed E-state index contributed by atoms with van der Waals surface area (Å²) in [5, 5.41) is 0. The van der Waals surface area contributed by atoms with Gasteiger partial charge in [-0.1, -0.05) is 72.1 Å². The largest absolute Gasteiger partial charge is 0.466 e. The number of unbranched alkanes of at least 4 members (excludes halogenated alkanes) is 7. The number of hydrogen-bond acceptors (Lipinski definition) is 2. The fraction of sp³-hybridized carbons (Fsp3) is 1.00. The molecule has 0 fully saturated rings. The highest BCUT2D eigenvalue weighted by molar-refractivity contribution is 14.1. The van der Waals surface area contributed by atoms with E-state index in [0.717, 1.165) is 23.2 Å². The smallest absolute Gasteiger partial charge is 0.355 e. The number of rotatable bonds is 18. The van der Waals surface area contributed by atoms with Crippen LogP contribution < -0.4 is 0 Å². The Morgan fingerprint density at radius 3 is 2.00 bits per heavy atom. The second-order valence-corrected chi connectivity index (χ2v) is 11.5. The summed E-state index contributed by atoms with van der Waals surface area (Å²) in [6.07, 6.45) is 14.7. The maximum Gasteiger partial charge on any atom is 0.466 e. The molecule has 136 valence electrons. The molecule has 0 amide bonds. The van der Waals surface area contributed by atoms with Crippen molar-refractivity contribution < 1.29 is 9.47 Å². The minimum Gasteiger partial charge on any atom is -0.355 e. The Kier molecular flexibility index (Phi) is 21.0. The van der Waals surface area contributed by atoms with Gasteiger partial charge in [-0.15, -0.1) is 4.05 Å². The second kappa shape index (κ2) is 19.7. The minimum absolute atomic E-state index is 0.159. The van der Waals surface area contributed by atoms with E-state index in [-0.39, 0.29) is 16.5 Å². The van der Waals surface area contributed by atoms with E-state index in [1.165, 1.54) is 70.6 Å². The number of halogens is 1. The van der Waals surface area contributed by atoms with Crippen LogP contribution in [0.2, 0.25) is 4.05 Å². The fourth-order valence-electron chi connectivity index (χ4n) is 2.92. The van der Waals surface area contributed by atoms with Gasteiger partial charge in [-0.25, -0.2) is 0 Å². The molecule has 0 aliphatic rings. The molecule has 0 bridgehead atoms. The zero-order valence-corrected chi connectivity index (χ0v) is 19.5. The maximum atomic E-state index is 5.57. The minimum atomic E-state index is 0.159. The normalized spacial score (nSPS) is 13.7. The third-order valence-corrected chi connectivity index (χ3v) is 9.73. The molecule has 0 aliphatic carbocycles. The van der Waals surface area contributed by atoms with Gasteiger partial charge in [0, 0.05) is 13.2 Å². The highest BCUT2D eigenvalue weighted by Gasteiger charge is 2.09. The van der Waals surface area contributed by atoms with Crippen LogP contribution in [-0.4, -0.2) is 36.5 Å². The van der Waals surface area contributed by atoms with Crippen molar-refractivity contribution in [1.29, 1.82) is 0 Å². The third kappa shape index (κ3) is 19.6. The van der Waals surface area contributed by atoms with Gasteiger partial charge in [-0.3, -0.25) is 0 Å². The molecule has 2 atom stereocenters. The van der Waals surface area contributed by atoms with Crippen LogP contribution in [0.1, 0.15) is 91.4 Å². The van der Waals surface area contributed by atoms with Gasteiger partial charge in [0.25, 0.3) is 0 Å². The van der Waals surface area contributed by atoms with E-state index < -0.39 is 0 Å². The van der Waals surface area contributed by atoms with Crippen LogP contribution in [0.5, 0.6) is 0 Å². The van der Waals surface area contributed by atoms with E-state index in [4.69, 9.17) is 9.47 Å². The van der Waals surface area contributed by atoms with Gasteiger partial charge in [0.05, 0.1) is 0 Å². The average molecular weight is 451 g/mol. The second-order valence-electron chi connectivity index (χ2n) is 7.15. The Bertz CT molecular complexity index is 229. The summed E-state index contributed by atoms with van der Waals surface area (Å²) in [5.41, 5.74) is 0. The molecule has 0 spiro atoms. The van der Waals surface area contributed by atoms with E-state index in [0.29, 0.717) is 6.79 Å². The SMILES string of the molecule is CCCCCCCCCCOCOCCCC(C)C[CH](C)[Mg][I]. The predicted molar refractivity (Wildman–Crippen MR) is 112 cm³/mol. The van der Waals surface area contributed by atoms with E-state index in [9.17, 15) is 0 Å². The summed E-state index contributed by atoms with van der Waals surface area (Å²) >= 11 is 2.78. The Morgan fingerprint density at radius 2 is 1.39 bits per heavy atom. The van der Waals surface area contributed by atoms with Crippen LogP contribution in [0.4, 0.5) is 0 Å². The molecule has 0 aliphatic heterocycles. The first-order valence-electron chi connectivity index (χ1n) is 9.92. The molecule has 0 saturated heterocycles. The van der Waals surface area contributed by atoms with Gasteiger partial charge in [0.1, 0.15) is 6.79 Å². The van der Waals surface area contributed by atoms with Crippen molar-refractivity contribution >= 4 is 35.3 Å². The standard InChI is InChI=1S/C19H39O2.HI.Mg/c1-4-6-7-8-9-10-11-12-16-20-18-21-17-13-15-19(3)14-5-2;;/h5,19H,4,6-18H2,1-3H3;1H;/q;;+1/p-1. The number of hydrogen-bond donors (Lipinski definition) is 0. The van der Waals surface area contributed by atoms with Gasteiger partial charge in [-0.05, 0) is 25.2 Å². The Balaban J connectivity index is 3.10. The van der Waals surface area contributed by atoms with Gasteiger partial charge in [0.15, 0.2) is 0 Å². The molecular weight excluding hydrogens is 411 g/mol. The van der Waals surface area contributed by atoms with E-state index in [2.05, 4.69) is 39.6 Å². The first-order valence-corrected chi connectivity index (χ1v) is 15.8. The summed E-state index contributed by atoms with van der Waals surface area (Å²) in [6.45, 7) is 9.28. The highest BCUT2D eigenvalue weighted by atomic mass is 127. The Hall–Kier alpha value is 1.42. The molecule has 0 heterocycles. The lowest BCUT2D eigenvalue weighted by atomic mass is 10.0. The molecule has 0 aromatic carbocycles. The van der Waals surface area contributed by atoms with Crippen molar-refractivity contribution in [2.24, 2.45) is 5.92 Å². The fourth-order valence-corrected chi connectivity index (χ4v) is 4.69. The molecule has 0 rings (SSSR count). The molecule has 0 aromatic heterocycles. The zero-order valence-electron chi connectivity index (χ0n) is 16.0. The molecule has 2 nitrogen and oxygen atoms in total. The third-order valence-electron chi connectivity index (χ3n) is 4.36. The molecule has 23 heavy (non-hydrogen) atoms. The van der Waals surface area contributed by atoms with Crippen molar-refractivity contribution in [3.05, 3.63) is 0 Å². The molecular formula is C19H39IMgO2. The van der Waals surface area contributed by atoms with Gasteiger partial charge >= 0.3 is 16.5 Å². The maximum absolute atomic E-state index is 5.57. The first-order chi connectivity index (χ1) is 11.2. The molecule has 2 unspecified atom stereocenters. The lowest BCUT2D eigenvalue weighted by Crippen LogP contribution is -2.06. The topological polar surface area (TPSA) is 18.5 Å². The average Bonchev–Trinajstić information content (AvgIpc) is 2.55. The molecule has 0 N–H and O–H groups in total. The quantitative estimate of drug-likeness (QED) is 0.0991. The van der Waals surface area contributed by atoms with Crippen LogP contribution in [0, 0.1) is 5.92 Å². The first kappa shape index (κ1) is 24.4. The Morgan fingerprint density at radius 1 is 0.826 bits per heavy atom. The summed E-state index contributed by atoms with van der Waals surface area (Å²) in [5.74, 6) is 0.856. The van der Waals surface area contributed by atoms with Crippen LogP contribution in [0.25, 0.3) is 0 Å². The summed E-state index contributed by atoms with van der Waals surface area (Å²) in [7, 11) is 0. The van der Waals surface area contributed by atoms with Crippen molar-refractivity contribution in [2.45, 2.75) is 95.4 Å². The molecule has 0 saturated carbocycles. The van der Waals surface area contributed by atoms with Crippen LogP contribution in [0.3, 0.4) is 0 Å². The monoisotopic (exact) mass is 450 g/mol. The Labute approximate surface area is 165 Å². The zero-order chi connectivity index (χ0) is 17.2. The molecule has 0 radical (unpaired) electrons. The van der Waals surface area contributed by atoms with Gasteiger partial charge in [-0.2, -0.15) is 0 Å². The van der Waals surface area contributed by atoms with Crippen LogP contribution >= 0.6 is 18.9 Å². The van der Waals surface area contributed by atoms with E-state index in [1.807, 2.05) is 0 Å². The van der Waals surface area contributed by atoms with E-state index in [1.54, 1.807) is 0 Å². The molecule has 4 heteroatoms. The van der Waals surface area contributed by atoms with E-state index >= 15 is 0 Å². The van der Waals surface area contributed by atoms with Crippen LogP contribution in [0.15, 0.2) is 0 Å². The van der Waals surface area contributed by atoms with Gasteiger partial charge < -0.3 is 28.3 Å². The van der Waals surface area contributed by atoms with Crippen molar-refractivity contribution in [2.75, 3.05) is 20.0 Å². The van der Waals surface area contributed by atoms with Crippen molar-refractivity contribution in [1.82, 2.24) is 0 Å².